The van der Waals surface area contributed by atoms with E-state index in [2.05, 4.69) is 27.8 Å². The maximum Gasteiger partial charge on any atom is 0.313 e. The van der Waals surface area contributed by atoms with E-state index in [1.165, 1.54) is 0 Å². The van der Waals surface area contributed by atoms with Gasteiger partial charge in [-0.15, -0.1) is 0 Å². The number of halogens is 1. The van der Waals surface area contributed by atoms with Crippen LogP contribution in [0.4, 0.5) is 5.69 Å². The molecule has 2 aliphatic rings. The summed E-state index contributed by atoms with van der Waals surface area (Å²) in [5, 5.41) is 2.93. The van der Waals surface area contributed by atoms with E-state index in [4.69, 9.17) is 4.74 Å². The van der Waals surface area contributed by atoms with Crippen LogP contribution in [0.1, 0.15) is 24.0 Å². The monoisotopic (exact) mass is 439 g/mol. The highest BCUT2D eigenvalue weighted by Gasteiger charge is 2.55. The fourth-order valence-electron chi connectivity index (χ4n) is 4.37. The third-order valence-electron chi connectivity index (χ3n) is 5.72. The number of ether oxygens (including phenoxy) is 1. The summed E-state index contributed by atoms with van der Waals surface area (Å²) in [6.45, 7) is 4.59. The van der Waals surface area contributed by atoms with Gasteiger partial charge in [0, 0.05) is 16.1 Å². The van der Waals surface area contributed by atoms with Crippen LogP contribution < -0.4 is 5.32 Å². The predicted octanol–water partition coefficient (Wildman–Crippen LogP) is 4.68. The highest BCUT2D eigenvalue weighted by Crippen LogP contribution is 2.52. The molecule has 0 spiro atoms. The summed E-state index contributed by atoms with van der Waals surface area (Å²) in [6, 6.07) is 15.5. The number of cyclic esters (lactones) is 1. The Balaban J connectivity index is 1.41. The number of rotatable bonds is 5. The predicted molar refractivity (Wildman–Crippen MR) is 112 cm³/mol. The van der Waals surface area contributed by atoms with Gasteiger partial charge in [-0.05, 0) is 54.7 Å². The van der Waals surface area contributed by atoms with Crippen LogP contribution in [-0.4, -0.2) is 18.5 Å². The van der Waals surface area contributed by atoms with Gasteiger partial charge in [0.05, 0.1) is 18.4 Å². The van der Waals surface area contributed by atoms with Crippen molar-refractivity contribution < 1.29 is 14.3 Å². The fourth-order valence-corrected chi connectivity index (χ4v) is 4.82. The van der Waals surface area contributed by atoms with Crippen LogP contribution in [-0.2, 0) is 27.2 Å². The molecule has 4 rings (SSSR count). The Kier molecular flexibility index (Phi) is 5.11. The first-order chi connectivity index (χ1) is 13.4. The van der Waals surface area contributed by atoms with Crippen LogP contribution in [0.2, 0.25) is 0 Å². The quantitative estimate of drug-likeness (QED) is 0.543. The zero-order valence-corrected chi connectivity index (χ0v) is 17.1. The molecular formula is C23H22BrNO3. The zero-order valence-electron chi connectivity index (χ0n) is 15.5. The first kappa shape index (κ1) is 18.9. The molecule has 0 aromatic heterocycles. The molecule has 1 aliphatic carbocycles. The summed E-state index contributed by atoms with van der Waals surface area (Å²) >= 11 is 3.42. The van der Waals surface area contributed by atoms with Gasteiger partial charge in [0.15, 0.2) is 0 Å². The lowest BCUT2D eigenvalue weighted by molar-refractivity contribution is -0.146. The van der Waals surface area contributed by atoms with Gasteiger partial charge in [-0.25, -0.2) is 0 Å². The van der Waals surface area contributed by atoms with E-state index in [0.29, 0.717) is 25.9 Å². The highest BCUT2D eigenvalue weighted by molar-refractivity contribution is 9.10. The molecule has 28 heavy (non-hydrogen) atoms. The van der Waals surface area contributed by atoms with Gasteiger partial charge in [0.1, 0.15) is 0 Å². The van der Waals surface area contributed by atoms with E-state index in [1.807, 2.05) is 48.5 Å². The average molecular weight is 440 g/mol. The van der Waals surface area contributed by atoms with Crippen molar-refractivity contribution in [1.82, 2.24) is 0 Å². The summed E-state index contributed by atoms with van der Waals surface area (Å²) in [7, 11) is 0. The smallest absolute Gasteiger partial charge is 0.313 e. The third kappa shape index (κ3) is 3.76. The lowest BCUT2D eigenvalue weighted by Crippen LogP contribution is -2.31. The summed E-state index contributed by atoms with van der Waals surface area (Å²) in [5.41, 5.74) is 3.46. The van der Waals surface area contributed by atoms with Crippen LogP contribution in [0.3, 0.4) is 0 Å². The van der Waals surface area contributed by atoms with E-state index < -0.39 is 5.41 Å². The second-order valence-electron chi connectivity index (χ2n) is 7.81. The normalized spacial score (nSPS) is 23.4. The molecule has 2 aromatic rings. The molecule has 5 heteroatoms. The Morgan fingerprint density at radius 1 is 1.21 bits per heavy atom. The molecule has 1 N–H and O–H groups in total. The molecule has 1 saturated heterocycles. The van der Waals surface area contributed by atoms with Crippen LogP contribution >= 0.6 is 15.9 Å². The van der Waals surface area contributed by atoms with Gasteiger partial charge in [0.2, 0.25) is 5.91 Å². The lowest BCUT2D eigenvalue weighted by Gasteiger charge is -2.24. The van der Waals surface area contributed by atoms with Crippen molar-refractivity contribution in [3.8, 4) is 0 Å². The Labute approximate surface area is 173 Å². The van der Waals surface area contributed by atoms with Gasteiger partial charge in [0.25, 0.3) is 0 Å². The van der Waals surface area contributed by atoms with E-state index in [1.54, 1.807) is 0 Å². The minimum absolute atomic E-state index is 0.0593. The van der Waals surface area contributed by atoms with Crippen molar-refractivity contribution in [3.63, 3.8) is 0 Å². The molecule has 1 aliphatic heterocycles. The molecule has 1 amide bonds. The SMILES string of the molecule is C=C1C[C@@H]2COC(=O)C2(Cc2ccc(NC(=O)Cc3cccc(Br)c3)cc2)C1. The number of allylic oxidation sites excluding steroid dienone is 1. The van der Waals surface area contributed by atoms with Crippen molar-refractivity contribution in [3.05, 3.63) is 76.3 Å². The summed E-state index contributed by atoms with van der Waals surface area (Å²) in [6.07, 6.45) is 2.55. The molecule has 2 atom stereocenters. The molecule has 1 saturated carbocycles. The number of carbonyl (C=O) groups is 2. The molecule has 2 fully saturated rings. The number of carbonyl (C=O) groups excluding carboxylic acids is 2. The van der Waals surface area contributed by atoms with Gasteiger partial charge in [-0.3, -0.25) is 9.59 Å². The maximum atomic E-state index is 12.4. The average Bonchev–Trinajstić information content (AvgIpc) is 3.11. The molecule has 4 nitrogen and oxygen atoms in total. The van der Waals surface area contributed by atoms with Crippen molar-refractivity contribution in [1.29, 1.82) is 0 Å². The summed E-state index contributed by atoms with van der Waals surface area (Å²) in [4.78, 5) is 24.7. The van der Waals surface area contributed by atoms with Crippen molar-refractivity contribution in [2.45, 2.75) is 25.7 Å². The Morgan fingerprint density at radius 2 is 2.00 bits per heavy atom. The second-order valence-corrected chi connectivity index (χ2v) is 8.73. The molecule has 0 radical (unpaired) electrons. The van der Waals surface area contributed by atoms with E-state index in [0.717, 1.165) is 33.3 Å². The fraction of sp³-hybridized carbons (Fsp3) is 0.304. The molecule has 144 valence electrons. The van der Waals surface area contributed by atoms with E-state index in [-0.39, 0.29) is 17.8 Å². The second kappa shape index (κ2) is 7.55. The maximum absolute atomic E-state index is 12.4. The minimum atomic E-state index is -0.456. The van der Waals surface area contributed by atoms with Gasteiger partial charge in [-0.1, -0.05) is 52.3 Å². The largest absolute Gasteiger partial charge is 0.465 e. The molecule has 1 heterocycles. The molecular weight excluding hydrogens is 418 g/mol. The number of nitrogens with one attached hydrogen (secondary N) is 1. The zero-order chi connectivity index (χ0) is 19.7. The van der Waals surface area contributed by atoms with Crippen molar-refractivity contribution in [2.24, 2.45) is 11.3 Å². The Hall–Kier alpha value is -2.40. The van der Waals surface area contributed by atoms with Crippen LogP contribution in [0.5, 0.6) is 0 Å². The number of benzene rings is 2. The number of fused-ring (bicyclic) bond motifs is 1. The first-order valence-electron chi connectivity index (χ1n) is 9.42. The molecule has 1 unspecified atom stereocenters. The minimum Gasteiger partial charge on any atom is -0.465 e. The molecule has 0 bridgehead atoms. The van der Waals surface area contributed by atoms with Gasteiger partial charge in [-0.2, -0.15) is 0 Å². The molecule has 2 aromatic carbocycles. The topological polar surface area (TPSA) is 55.4 Å². The van der Waals surface area contributed by atoms with Crippen molar-refractivity contribution in [2.75, 3.05) is 11.9 Å². The highest BCUT2D eigenvalue weighted by atomic mass is 79.9. The van der Waals surface area contributed by atoms with Gasteiger partial charge < -0.3 is 10.1 Å². The number of hydrogen-bond donors (Lipinski definition) is 1. The van der Waals surface area contributed by atoms with Crippen LogP contribution in [0.25, 0.3) is 0 Å². The van der Waals surface area contributed by atoms with Crippen LogP contribution in [0, 0.1) is 11.3 Å². The third-order valence-corrected chi connectivity index (χ3v) is 6.21. The van der Waals surface area contributed by atoms with Gasteiger partial charge >= 0.3 is 5.97 Å². The summed E-state index contributed by atoms with van der Waals surface area (Å²) in [5.74, 6) is 0.0793. The van der Waals surface area contributed by atoms with E-state index >= 15 is 0 Å². The Morgan fingerprint density at radius 3 is 2.75 bits per heavy atom. The van der Waals surface area contributed by atoms with Crippen molar-refractivity contribution >= 4 is 33.5 Å². The number of anilines is 1. The van der Waals surface area contributed by atoms with Crippen LogP contribution in [0.15, 0.2) is 65.2 Å². The summed E-state index contributed by atoms with van der Waals surface area (Å²) < 4.78 is 6.30. The van der Waals surface area contributed by atoms with E-state index in [9.17, 15) is 9.59 Å². The standard InChI is InChI=1S/C23H22BrNO3/c1-15-9-18-14-28-22(27)23(18,12-15)13-16-5-7-20(8-6-16)25-21(26)11-17-3-2-4-19(24)10-17/h2-8,10,18H,1,9,11-14H2,(H,25,26)/t18-,23?/m1/s1. The number of esters is 1. The first-order valence-corrected chi connectivity index (χ1v) is 10.2. The number of amides is 1. The lowest BCUT2D eigenvalue weighted by atomic mass is 9.75. The number of hydrogen-bond acceptors (Lipinski definition) is 3. The Bertz CT molecular complexity index is 937.